The molecule has 0 unspecified atom stereocenters. The molecule has 0 atom stereocenters. The molecule has 0 aliphatic carbocycles. The number of nitriles is 1. The first-order valence-corrected chi connectivity index (χ1v) is 2.33. The number of nitrogens with two attached hydrogens (primary N) is 1. The third-order valence-electron chi connectivity index (χ3n) is 0.509. The van der Waals surface area contributed by atoms with Crippen LogP contribution in [-0.2, 0) is 0 Å². The fraction of sp³-hybridized carbons (Fsp3) is 0.500. The van der Waals surface area contributed by atoms with Gasteiger partial charge in [-0.15, -0.1) is 4.99 Å². The zero-order valence-corrected chi connectivity index (χ0v) is 5.42. The highest BCUT2D eigenvalue weighted by Gasteiger charge is 1.88. The van der Waals surface area contributed by atoms with E-state index in [0.29, 0.717) is 0 Å². The molecular weight excluding hydrogens is 118 g/mol. The molecular formula is C4H9N5. The Bertz CT molecular complexity index is 142. The van der Waals surface area contributed by atoms with Crippen LogP contribution in [0.2, 0.25) is 0 Å². The summed E-state index contributed by atoms with van der Waals surface area (Å²) in [5.41, 5.74) is 7.74. The molecule has 50 valence electrons. The van der Waals surface area contributed by atoms with Gasteiger partial charge in [-0.05, 0) is 0 Å². The molecule has 9 heavy (non-hydrogen) atoms. The molecule has 0 aliphatic heterocycles. The fourth-order valence-corrected chi connectivity index (χ4v) is 0.308. The Labute approximate surface area is 53.7 Å². The van der Waals surface area contributed by atoms with E-state index < -0.39 is 0 Å². The normalized spacial score (nSPS) is 11.1. The lowest BCUT2D eigenvalue weighted by atomic mass is 11.0. The molecule has 0 aromatic carbocycles. The number of hydrazine groups is 1. The molecule has 5 heteroatoms. The van der Waals surface area contributed by atoms with Crippen LogP contribution in [0.5, 0.6) is 0 Å². The maximum atomic E-state index is 7.97. The molecule has 0 aromatic rings. The summed E-state index contributed by atoms with van der Waals surface area (Å²) in [5, 5.41) is 9.57. The van der Waals surface area contributed by atoms with Crippen LogP contribution in [0.4, 0.5) is 0 Å². The van der Waals surface area contributed by atoms with Gasteiger partial charge >= 0.3 is 0 Å². The van der Waals surface area contributed by atoms with Gasteiger partial charge in [-0.3, -0.25) is 5.43 Å². The van der Waals surface area contributed by atoms with E-state index >= 15 is 0 Å². The van der Waals surface area contributed by atoms with Crippen molar-refractivity contribution < 1.29 is 0 Å². The molecule has 0 bridgehead atoms. The molecule has 0 radical (unpaired) electrons. The number of nitrogens with zero attached hydrogens (tertiary/aromatic N) is 3. The second-order valence-corrected chi connectivity index (χ2v) is 1.60. The van der Waals surface area contributed by atoms with Gasteiger partial charge in [0, 0.05) is 14.1 Å². The first-order chi connectivity index (χ1) is 4.16. The Morgan fingerprint density at radius 1 is 1.78 bits per heavy atom. The molecule has 0 heterocycles. The van der Waals surface area contributed by atoms with E-state index in [2.05, 4.69) is 10.4 Å². The van der Waals surface area contributed by atoms with E-state index in [1.54, 1.807) is 25.3 Å². The van der Waals surface area contributed by atoms with Crippen LogP contribution in [0.15, 0.2) is 4.99 Å². The van der Waals surface area contributed by atoms with Crippen molar-refractivity contribution in [2.75, 3.05) is 14.1 Å². The zero-order valence-electron chi connectivity index (χ0n) is 5.42. The Morgan fingerprint density at radius 2 is 2.33 bits per heavy atom. The van der Waals surface area contributed by atoms with Gasteiger partial charge in [-0.2, -0.15) is 5.26 Å². The minimum absolute atomic E-state index is 0.0995. The molecule has 0 aromatic heterocycles. The number of nitrogens with one attached hydrogen (secondary N) is 1. The quantitative estimate of drug-likeness (QED) is 0.202. The SMILES string of the molecule is CN(C)N/C(N)=N/C#N. The molecule has 0 amide bonds. The van der Waals surface area contributed by atoms with Crippen LogP contribution in [-0.4, -0.2) is 25.1 Å². The minimum Gasteiger partial charge on any atom is -0.368 e. The van der Waals surface area contributed by atoms with Crippen molar-refractivity contribution in [1.82, 2.24) is 10.4 Å². The smallest absolute Gasteiger partial charge is 0.219 e. The number of hydrogen-bond acceptors (Lipinski definition) is 3. The maximum Gasteiger partial charge on any atom is 0.219 e. The topological polar surface area (TPSA) is 77.4 Å². The summed E-state index contributed by atoms with van der Waals surface area (Å²) in [7, 11) is 3.50. The second kappa shape index (κ2) is 3.69. The molecule has 0 rings (SSSR count). The van der Waals surface area contributed by atoms with Gasteiger partial charge in [0.1, 0.15) is 0 Å². The highest BCUT2D eigenvalue weighted by Crippen LogP contribution is 1.63. The van der Waals surface area contributed by atoms with Crippen LogP contribution in [0, 0.1) is 11.5 Å². The highest BCUT2D eigenvalue weighted by molar-refractivity contribution is 5.78. The monoisotopic (exact) mass is 127 g/mol. The van der Waals surface area contributed by atoms with Crippen molar-refractivity contribution in [2.24, 2.45) is 10.7 Å². The summed E-state index contributed by atoms with van der Waals surface area (Å²) in [6.45, 7) is 0. The van der Waals surface area contributed by atoms with Crippen molar-refractivity contribution in [1.29, 1.82) is 5.26 Å². The predicted molar refractivity (Wildman–Crippen MR) is 34.1 cm³/mol. The van der Waals surface area contributed by atoms with Crippen molar-refractivity contribution in [3.05, 3.63) is 0 Å². The Balaban J connectivity index is 3.66. The van der Waals surface area contributed by atoms with Gasteiger partial charge < -0.3 is 5.73 Å². The molecule has 0 saturated heterocycles. The van der Waals surface area contributed by atoms with Crippen LogP contribution in [0.25, 0.3) is 0 Å². The number of rotatable bonds is 1. The Kier molecular flexibility index (Phi) is 3.16. The highest BCUT2D eigenvalue weighted by atomic mass is 15.5. The van der Waals surface area contributed by atoms with Crippen LogP contribution >= 0.6 is 0 Å². The summed E-state index contributed by atoms with van der Waals surface area (Å²) >= 11 is 0. The third kappa shape index (κ3) is 4.58. The standard InChI is InChI=1S/C4H9N5/c1-9(2)8-4(6)7-3-5/h1-2H3,(H3,6,7,8). The average Bonchev–Trinajstić information content (AvgIpc) is 1.63. The van der Waals surface area contributed by atoms with Gasteiger partial charge in [0.05, 0.1) is 0 Å². The molecule has 0 aliphatic rings. The molecule has 3 N–H and O–H groups in total. The summed E-state index contributed by atoms with van der Waals surface area (Å²) in [4.78, 5) is 3.21. The van der Waals surface area contributed by atoms with Gasteiger partial charge in [-0.25, -0.2) is 5.01 Å². The Hall–Kier alpha value is -1.28. The maximum absolute atomic E-state index is 7.97. The number of hydrogen-bond donors (Lipinski definition) is 2. The molecule has 0 spiro atoms. The van der Waals surface area contributed by atoms with Gasteiger partial charge in [-0.1, -0.05) is 0 Å². The molecule has 5 nitrogen and oxygen atoms in total. The van der Waals surface area contributed by atoms with Gasteiger partial charge in [0.25, 0.3) is 0 Å². The first kappa shape index (κ1) is 7.72. The van der Waals surface area contributed by atoms with E-state index in [4.69, 9.17) is 11.0 Å². The van der Waals surface area contributed by atoms with Crippen molar-refractivity contribution >= 4 is 5.96 Å². The lowest BCUT2D eigenvalue weighted by molar-refractivity contribution is 0.360. The van der Waals surface area contributed by atoms with Gasteiger partial charge in [0.2, 0.25) is 12.2 Å². The molecule has 0 saturated carbocycles. The van der Waals surface area contributed by atoms with E-state index in [-0.39, 0.29) is 5.96 Å². The molecule has 0 fully saturated rings. The largest absolute Gasteiger partial charge is 0.368 e. The van der Waals surface area contributed by atoms with Crippen LogP contribution in [0.1, 0.15) is 0 Å². The first-order valence-electron chi connectivity index (χ1n) is 2.33. The van der Waals surface area contributed by atoms with E-state index in [9.17, 15) is 0 Å². The van der Waals surface area contributed by atoms with Gasteiger partial charge in [0.15, 0.2) is 0 Å². The lowest BCUT2D eigenvalue weighted by Gasteiger charge is -2.09. The third-order valence-corrected chi connectivity index (χ3v) is 0.509. The zero-order chi connectivity index (χ0) is 7.28. The lowest BCUT2D eigenvalue weighted by Crippen LogP contribution is -2.41. The van der Waals surface area contributed by atoms with Crippen molar-refractivity contribution in [2.45, 2.75) is 0 Å². The summed E-state index contributed by atoms with van der Waals surface area (Å²) in [5.74, 6) is 0.0995. The van der Waals surface area contributed by atoms with E-state index in [1.165, 1.54) is 0 Å². The van der Waals surface area contributed by atoms with Crippen LogP contribution in [0.3, 0.4) is 0 Å². The van der Waals surface area contributed by atoms with E-state index in [1.807, 2.05) is 0 Å². The summed E-state index contributed by atoms with van der Waals surface area (Å²) in [6, 6.07) is 0. The van der Waals surface area contributed by atoms with Crippen molar-refractivity contribution in [3.63, 3.8) is 0 Å². The van der Waals surface area contributed by atoms with Crippen LogP contribution < -0.4 is 11.2 Å². The average molecular weight is 127 g/mol. The minimum atomic E-state index is 0.0995. The number of aliphatic imine (C=N–C) groups is 1. The Morgan fingerprint density at radius 3 is 2.67 bits per heavy atom. The second-order valence-electron chi connectivity index (χ2n) is 1.60. The number of guanidine groups is 1. The van der Waals surface area contributed by atoms with E-state index in [0.717, 1.165) is 0 Å². The summed E-state index contributed by atoms with van der Waals surface area (Å²) in [6.07, 6.45) is 1.55. The fourth-order valence-electron chi connectivity index (χ4n) is 0.308. The van der Waals surface area contributed by atoms with Crippen molar-refractivity contribution in [3.8, 4) is 6.19 Å². The predicted octanol–water partition coefficient (Wildman–Crippen LogP) is -1.15. The summed E-state index contributed by atoms with van der Waals surface area (Å²) < 4.78 is 0.